The van der Waals surface area contributed by atoms with Crippen molar-refractivity contribution in [2.75, 3.05) is 5.32 Å². The number of rotatable bonds is 4. The van der Waals surface area contributed by atoms with Gasteiger partial charge >= 0.3 is 5.97 Å². The van der Waals surface area contributed by atoms with Crippen LogP contribution in [0.15, 0.2) is 78.9 Å². The predicted molar refractivity (Wildman–Crippen MR) is 97.6 cm³/mol. The fourth-order valence-electron chi connectivity index (χ4n) is 2.44. The van der Waals surface area contributed by atoms with E-state index in [-0.39, 0.29) is 5.91 Å². The SMILES string of the molecule is CC(=O)Nc1ccccc1OC(=O)c1ccc(-c2ccccc2)cc1. The van der Waals surface area contributed by atoms with Crippen LogP contribution in [0.4, 0.5) is 5.69 Å². The van der Waals surface area contributed by atoms with Gasteiger partial charge in [-0.1, -0.05) is 54.6 Å². The fraction of sp³-hybridized carbons (Fsp3) is 0.0476. The number of esters is 1. The molecular weight excluding hydrogens is 314 g/mol. The van der Waals surface area contributed by atoms with Crippen LogP contribution in [-0.2, 0) is 4.79 Å². The van der Waals surface area contributed by atoms with E-state index in [1.807, 2.05) is 42.5 Å². The van der Waals surface area contributed by atoms with Gasteiger partial charge < -0.3 is 10.1 Å². The molecule has 0 heterocycles. The number of hydrogen-bond acceptors (Lipinski definition) is 3. The molecule has 0 bridgehead atoms. The Morgan fingerprint density at radius 2 is 1.36 bits per heavy atom. The topological polar surface area (TPSA) is 55.4 Å². The zero-order chi connectivity index (χ0) is 17.6. The minimum Gasteiger partial charge on any atom is -0.421 e. The van der Waals surface area contributed by atoms with Gasteiger partial charge in [0.15, 0.2) is 5.75 Å². The van der Waals surface area contributed by atoms with Crippen LogP contribution in [0.3, 0.4) is 0 Å². The number of hydrogen-bond donors (Lipinski definition) is 1. The van der Waals surface area contributed by atoms with E-state index in [0.29, 0.717) is 17.0 Å². The van der Waals surface area contributed by atoms with Crippen molar-refractivity contribution in [3.8, 4) is 16.9 Å². The van der Waals surface area contributed by atoms with Crippen LogP contribution in [0.1, 0.15) is 17.3 Å². The van der Waals surface area contributed by atoms with Gasteiger partial charge in [0.05, 0.1) is 11.3 Å². The molecule has 0 fully saturated rings. The standard InChI is InChI=1S/C21H17NO3/c1-15(23)22-19-9-5-6-10-20(19)25-21(24)18-13-11-17(12-14-18)16-7-3-2-4-8-16/h2-14H,1H3,(H,22,23). The summed E-state index contributed by atoms with van der Waals surface area (Å²) in [5.41, 5.74) is 3.01. The van der Waals surface area contributed by atoms with Crippen molar-refractivity contribution in [1.29, 1.82) is 0 Å². The molecule has 0 aliphatic heterocycles. The number of nitrogens with one attached hydrogen (secondary N) is 1. The fourth-order valence-corrected chi connectivity index (χ4v) is 2.44. The third-order valence-electron chi connectivity index (χ3n) is 3.63. The molecule has 0 aliphatic rings. The molecule has 1 amide bonds. The first-order valence-electron chi connectivity index (χ1n) is 7.88. The molecule has 0 spiro atoms. The molecule has 0 saturated heterocycles. The highest BCUT2D eigenvalue weighted by atomic mass is 16.5. The Kier molecular flexibility index (Phi) is 4.90. The van der Waals surface area contributed by atoms with Crippen molar-refractivity contribution >= 4 is 17.6 Å². The molecule has 25 heavy (non-hydrogen) atoms. The Balaban J connectivity index is 1.77. The summed E-state index contributed by atoms with van der Waals surface area (Å²) in [6.07, 6.45) is 0. The van der Waals surface area contributed by atoms with Gasteiger partial charge in [0.2, 0.25) is 5.91 Å². The van der Waals surface area contributed by atoms with Crippen LogP contribution in [0.2, 0.25) is 0 Å². The van der Waals surface area contributed by atoms with Crippen LogP contribution in [-0.4, -0.2) is 11.9 Å². The van der Waals surface area contributed by atoms with Crippen molar-refractivity contribution in [3.63, 3.8) is 0 Å². The average Bonchev–Trinajstić information content (AvgIpc) is 2.64. The van der Waals surface area contributed by atoms with Gasteiger partial charge in [-0.2, -0.15) is 0 Å². The lowest BCUT2D eigenvalue weighted by molar-refractivity contribution is -0.114. The first-order valence-corrected chi connectivity index (χ1v) is 7.88. The molecule has 0 saturated carbocycles. The maximum atomic E-state index is 12.4. The first-order chi connectivity index (χ1) is 12.1. The molecule has 0 aromatic heterocycles. The second-order valence-corrected chi connectivity index (χ2v) is 5.51. The molecule has 1 N–H and O–H groups in total. The molecular formula is C21H17NO3. The van der Waals surface area contributed by atoms with Crippen LogP contribution >= 0.6 is 0 Å². The van der Waals surface area contributed by atoms with E-state index >= 15 is 0 Å². The normalized spacial score (nSPS) is 10.1. The Morgan fingerprint density at radius 3 is 2.04 bits per heavy atom. The number of anilines is 1. The Bertz CT molecular complexity index is 887. The van der Waals surface area contributed by atoms with Crippen LogP contribution in [0.25, 0.3) is 11.1 Å². The lowest BCUT2D eigenvalue weighted by atomic mass is 10.0. The van der Waals surface area contributed by atoms with Crippen molar-refractivity contribution in [2.45, 2.75) is 6.92 Å². The minimum absolute atomic E-state index is 0.226. The summed E-state index contributed by atoms with van der Waals surface area (Å²) in [4.78, 5) is 23.6. The molecule has 3 aromatic carbocycles. The third kappa shape index (κ3) is 4.12. The molecule has 4 nitrogen and oxygen atoms in total. The van der Waals surface area contributed by atoms with E-state index in [0.717, 1.165) is 11.1 Å². The zero-order valence-electron chi connectivity index (χ0n) is 13.7. The van der Waals surface area contributed by atoms with Gasteiger partial charge in [0.25, 0.3) is 0 Å². The molecule has 0 aliphatic carbocycles. The smallest absolute Gasteiger partial charge is 0.343 e. The summed E-state index contributed by atoms with van der Waals surface area (Å²) in [7, 11) is 0. The highest BCUT2D eigenvalue weighted by Crippen LogP contribution is 2.25. The predicted octanol–water partition coefficient (Wildman–Crippen LogP) is 4.53. The monoisotopic (exact) mass is 331 g/mol. The number of amides is 1. The molecule has 0 atom stereocenters. The molecule has 3 aromatic rings. The zero-order valence-corrected chi connectivity index (χ0v) is 13.7. The summed E-state index contributed by atoms with van der Waals surface area (Å²) in [5.74, 6) is -0.386. The van der Waals surface area contributed by atoms with E-state index in [9.17, 15) is 9.59 Å². The average molecular weight is 331 g/mol. The van der Waals surface area contributed by atoms with Gasteiger partial charge in [-0.3, -0.25) is 4.79 Å². The number of carbonyl (C=O) groups is 2. The van der Waals surface area contributed by atoms with Crippen molar-refractivity contribution < 1.29 is 14.3 Å². The molecule has 3 rings (SSSR count). The van der Waals surface area contributed by atoms with Crippen molar-refractivity contribution in [1.82, 2.24) is 0 Å². The van der Waals surface area contributed by atoms with E-state index in [2.05, 4.69) is 5.32 Å². The molecule has 0 unspecified atom stereocenters. The summed E-state index contributed by atoms with van der Waals surface area (Å²) < 4.78 is 5.42. The van der Waals surface area contributed by atoms with Crippen LogP contribution in [0.5, 0.6) is 5.75 Å². The summed E-state index contributed by atoms with van der Waals surface area (Å²) >= 11 is 0. The second kappa shape index (κ2) is 7.45. The number of benzene rings is 3. The quantitative estimate of drug-likeness (QED) is 0.564. The minimum atomic E-state index is -0.475. The number of para-hydroxylation sites is 2. The van der Waals surface area contributed by atoms with E-state index in [1.54, 1.807) is 36.4 Å². The van der Waals surface area contributed by atoms with Crippen molar-refractivity contribution in [2.24, 2.45) is 0 Å². The van der Waals surface area contributed by atoms with Gasteiger partial charge in [-0.25, -0.2) is 4.79 Å². The van der Waals surface area contributed by atoms with Crippen LogP contribution in [0, 0.1) is 0 Å². The van der Waals surface area contributed by atoms with Crippen LogP contribution < -0.4 is 10.1 Å². The maximum absolute atomic E-state index is 12.4. The maximum Gasteiger partial charge on any atom is 0.343 e. The van der Waals surface area contributed by atoms with E-state index in [4.69, 9.17) is 4.74 Å². The Morgan fingerprint density at radius 1 is 0.760 bits per heavy atom. The summed E-state index contributed by atoms with van der Waals surface area (Å²) in [5, 5.41) is 2.64. The van der Waals surface area contributed by atoms with E-state index in [1.165, 1.54) is 6.92 Å². The summed E-state index contributed by atoms with van der Waals surface area (Å²) in [6, 6.07) is 24.0. The highest BCUT2D eigenvalue weighted by Gasteiger charge is 2.12. The first kappa shape index (κ1) is 16.5. The van der Waals surface area contributed by atoms with Gasteiger partial charge in [-0.05, 0) is 35.4 Å². The highest BCUT2D eigenvalue weighted by molar-refractivity contribution is 5.94. The largest absolute Gasteiger partial charge is 0.421 e. The van der Waals surface area contributed by atoms with Crippen molar-refractivity contribution in [3.05, 3.63) is 84.4 Å². The lowest BCUT2D eigenvalue weighted by Gasteiger charge is -2.10. The lowest BCUT2D eigenvalue weighted by Crippen LogP contribution is -2.12. The molecule has 0 radical (unpaired) electrons. The van der Waals surface area contributed by atoms with E-state index < -0.39 is 5.97 Å². The number of carbonyl (C=O) groups excluding carboxylic acids is 2. The van der Waals surface area contributed by atoms with Gasteiger partial charge in [-0.15, -0.1) is 0 Å². The third-order valence-corrected chi connectivity index (χ3v) is 3.63. The van der Waals surface area contributed by atoms with Gasteiger partial charge in [0.1, 0.15) is 0 Å². The summed E-state index contributed by atoms with van der Waals surface area (Å²) in [6.45, 7) is 1.40. The second-order valence-electron chi connectivity index (χ2n) is 5.51. The Hall–Kier alpha value is -3.40. The molecule has 124 valence electrons. The Labute approximate surface area is 146 Å². The van der Waals surface area contributed by atoms with Gasteiger partial charge in [0, 0.05) is 6.92 Å². The molecule has 4 heteroatoms. The number of ether oxygens (including phenoxy) is 1.